The van der Waals surface area contributed by atoms with Crippen LogP contribution in [-0.4, -0.2) is 73.6 Å². The fourth-order valence-electron chi connectivity index (χ4n) is 6.03. The second-order valence-corrected chi connectivity index (χ2v) is 15.5. The summed E-state index contributed by atoms with van der Waals surface area (Å²) in [7, 11) is -4.50. The number of nitro benzene ring substituents is 1. The lowest BCUT2D eigenvalue weighted by Gasteiger charge is -2.36. The fraction of sp³-hybridized carbons (Fsp3) is 0.179. The molecule has 1 heterocycles. The molecule has 1 aliphatic rings. The van der Waals surface area contributed by atoms with Gasteiger partial charge < -0.3 is 20.2 Å². The first-order valence-corrected chi connectivity index (χ1v) is 19.6. The highest BCUT2D eigenvalue weighted by Gasteiger charge is 2.33. The van der Waals surface area contributed by atoms with Gasteiger partial charge in [-0.25, -0.2) is 13.1 Å². The summed E-state index contributed by atoms with van der Waals surface area (Å²) in [6, 6.07) is 27.8. The van der Waals surface area contributed by atoms with Crippen LogP contribution in [0.15, 0.2) is 125 Å². The van der Waals surface area contributed by atoms with Crippen LogP contribution in [0.3, 0.4) is 0 Å². The van der Waals surface area contributed by atoms with E-state index < -0.39 is 49.1 Å². The quantitative estimate of drug-likeness (QED) is 0.0506. The number of sulfonamides is 1. The topological polar surface area (TPSA) is 162 Å². The Morgan fingerprint density at radius 1 is 0.821 bits per heavy atom. The summed E-state index contributed by atoms with van der Waals surface area (Å²) in [6.45, 7) is 1.38. The monoisotopic (exact) mass is 805 g/mol. The van der Waals surface area contributed by atoms with Crippen molar-refractivity contribution in [1.29, 1.82) is 0 Å². The second kappa shape index (κ2) is 16.7. The first kappa shape index (κ1) is 39.6. The lowest BCUT2D eigenvalue weighted by atomic mass is 9.98. The number of thioether (sulfide) groups is 1. The minimum absolute atomic E-state index is 0.00178. The van der Waals surface area contributed by atoms with Crippen molar-refractivity contribution in [3.63, 3.8) is 0 Å². The number of hydrogen-bond acceptors (Lipinski definition) is 10. The molecule has 0 aliphatic carbocycles. The number of alkyl halides is 3. The summed E-state index contributed by atoms with van der Waals surface area (Å²) >= 11 is 1.55. The molecule has 1 fully saturated rings. The molecule has 56 heavy (non-hydrogen) atoms. The number of amides is 2. The SMILES string of the molecule is O=C(NS(=O)(=O)c1ccc(NCCSc2ccccc2)c([N+](=O)[O-])c1)c1ccc(N2CCN(C(=O)c3cc(-c4cccc(O)c4)cc(C(F)(F)F)c3)CC2)cc1. The lowest BCUT2D eigenvalue weighted by molar-refractivity contribution is -0.384. The number of hydrogen-bond donors (Lipinski definition) is 3. The van der Waals surface area contributed by atoms with Gasteiger partial charge in [-0.3, -0.25) is 19.7 Å². The number of nitrogens with one attached hydrogen (secondary N) is 2. The third kappa shape index (κ3) is 9.59. The minimum atomic E-state index is -4.71. The van der Waals surface area contributed by atoms with Gasteiger partial charge in [-0.15, -0.1) is 11.8 Å². The number of carbonyl (C=O) groups excluding carboxylic acids is 2. The molecular weight excluding hydrogens is 772 g/mol. The highest BCUT2D eigenvalue weighted by molar-refractivity contribution is 7.99. The molecule has 1 aliphatic heterocycles. The van der Waals surface area contributed by atoms with Crippen LogP contribution >= 0.6 is 11.8 Å². The van der Waals surface area contributed by atoms with Gasteiger partial charge in [-0.1, -0.05) is 30.3 Å². The second-order valence-electron chi connectivity index (χ2n) is 12.6. The summed E-state index contributed by atoms with van der Waals surface area (Å²) in [5.74, 6) is -1.07. The molecule has 0 atom stereocenters. The van der Waals surface area contributed by atoms with Crippen LogP contribution in [0.1, 0.15) is 26.3 Å². The van der Waals surface area contributed by atoms with Crippen LogP contribution in [-0.2, 0) is 16.2 Å². The number of aromatic hydroxyl groups is 1. The number of anilines is 2. The van der Waals surface area contributed by atoms with Gasteiger partial charge in [0.25, 0.3) is 27.5 Å². The minimum Gasteiger partial charge on any atom is -0.508 e. The molecule has 0 unspecified atom stereocenters. The lowest BCUT2D eigenvalue weighted by Crippen LogP contribution is -2.48. The van der Waals surface area contributed by atoms with E-state index in [1.165, 1.54) is 59.5 Å². The van der Waals surface area contributed by atoms with Crippen molar-refractivity contribution < 1.29 is 41.2 Å². The Morgan fingerprint density at radius 2 is 1.54 bits per heavy atom. The standard InChI is InChI=1S/C39H34F3N5O7S2/c40-39(41,42)30-22-28(27-5-4-6-32(48)24-27)21-29(23-30)38(50)46-18-16-45(17-19-46)31-11-9-26(10-12-31)37(49)44-56(53,54)34-13-14-35(36(25-34)47(51)52)43-15-20-55-33-7-2-1-3-8-33/h1-14,21-25,43,48H,15-20H2,(H,44,49). The average Bonchev–Trinajstić information content (AvgIpc) is 3.19. The van der Waals surface area contributed by atoms with E-state index in [1.807, 2.05) is 40.0 Å². The molecule has 5 aromatic carbocycles. The third-order valence-corrected chi connectivity index (χ3v) is 11.2. The Balaban J connectivity index is 1.06. The highest BCUT2D eigenvalue weighted by atomic mass is 32.2. The van der Waals surface area contributed by atoms with Gasteiger partial charge >= 0.3 is 6.18 Å². The number of benzene rings is 5. The van der Waals surface area contributed by atoms with Gasteiger partial charge in [0.05, 0.1) is 15.4 Å². The van der Waals surface area contributed by atoms with E-state index in [0.717, 1.165) is 23.1 Å². The summed E-state index contributed by atoms with van der Waals surface area (Å²) in [6.07, 6.45) is -4.71. The number of phenolic OH excluding ortho intramolecular Hbond substituents is 1. The smallest absolute Gasteiger partial charge is 0.416 e. The zero-order valence-electron chi connectivity index (χ0n) is 29.4. The van der Waals surface area contributed by atoms with Crippen molar-refractivity contribution in [1.82, 2.24) is 9.62 Å². The van der Waals surface area contributed by atoms with E-state index in [4.69, 9.17) is 0 Å². The molecular formula is C39H34F3N5O7S2. The molecule has 0 saturated carbocycles. The first-order valence-electron chi connectivity index (χ1n) is 17.1. The van der Waals surface area contributed by atoms with Crippen molar-refractivity contribution in [3.05, 3.63) is 142 Å². The van der Waals surface area contributed by atoms with E-state index in [1.54, 1.807) is 23.9 Å². The normalized spacial score (nSPS) is 13.3. The molecule has 290 valence electrons. The van der Waals surface area contributed by atoms with Gasteiger partial charge in [-0.2, -0.15) is 13.2 Å². The molecule has 12 nitrogen and oxygen atoms in total. The van der Waals surface area contributed by atoms with Crippen molar-refractivity contribution in [2.75, 3.05) is 48.7 Å². The molecule has 17 heteroatoms. The van der Waals surface area contributed by atoms with Crippen LogP contribution in [0.2, 0.25) is 0 Å². The Kier molecular flexibility index (Phi) is 11.8. The average molecular weight is 806 g/mol. The van der Waals surface area contributed by atoms with E-state index in [9.17, 15) is 46.4 Å². The molecule has 0 spiro atoms. The fourth-order valence-corrected chi connectivity index (χ4v) is 7.81. The predicted octanol–water partition coefficient (Wildman–Crippen LogP) is 7.27. The van der Waals surface area contributed by atoms with Crippen LogP contribution in [0.4, 0.5) is 30.2 Å². The molecule has 6 rings (SSSR count). The van der Waals surface area contributed by atoms with E-state index >= 15 is 0 Å². The van der Waals surface area contributed by atoms with Gasteiger partial charge in [0.1, 0.15) is 11.4 Å². The number of piperazine rings is 1. The zero-order valence-corrected chi connectivity index (χ0v) is 31.0. The van der Waals surface area contributed by atoms with E-state index in [2.05, 4.69) is 5.32 Å². The molecule has 5 aromatic rings. The van der Waals surface area contributed by atoms with Gasteiger partial charge in [0.15, 0.2) is 0 Å². The largest absolute Gasteiger partial charge is 0.508 e. The van der Waals surface area contributed by atoms with Gasteiger partial charge in [0.2, 0.25) is 0 Å². The molecule has 0 aromatic heterocycles. The molecule has 1 saturated heterocycles. The first-order chi connectivity index (χ1) is 26.7. The predicted molar refractivity (Wildman–Crippen MR) is 207 cm³/mol. The van der Waals surface area contributed by atoms with Crippen LogP contribution in [0.5, 0.6) is 5.75 Å². The number of carbonyl (C=O) groups is 2. The molecule has 0 radical (unpaired) electrons. The van der Waals surface area contributed by atoms with E-state index in [0.29, 0.717) is 36.6 Å². The van der Waals surface area contributed by atoms with Crippen molar-refractivity contribution in [2.24, 2.45) is 0 Å². The van der Waals surface area contributed by atoms with Crippen LogP contribution < -0.4 is 14.9 Å². The number of nitro groups is 1. The Labute approximate surface area is 324 Å². The maximum Gasteiger partial charge on any atom is 0.416 e. The number of halogens is 3. The Hall–Kier alpha value is -6.07. The van der Waals surface area contributed by atoms with Gasteiger partial charge in [0, 0.05) is 66.3 Å². The summed E-state index contributed by atoms with van der Waals surface area (Å²) in [5.41, 5.74) is -0.369. The van der Waals surface area contributed by atoms with Crippen molar-refractivity contribution in [2.45, 2.75) is 16.0 Å². The number of rotatable bonds is 12. The highest BCUT2D eigenvalue weighted by Crippen LogP contribution is 2.35. The van der Waals surface area contributed by atoms with Crippen molar-refractivity contribution >= 4 is 50.7 Å². The maximum absolute atomic E-state index is 13.8. The Bertz CT molecular complexity index is 2360. The zero-order chi connectivity index (χ0) is 40.0. The number of phenols is 1. The van der Waals surface area contributed by atoms with Crippen molar-refractivity contribution in [3.8, 4) is 16.9 Å². The summed E-state index contributed by atoms with van der Waals surface area (Å²) in [4.78, 5) is 41.4. The van der Waals surface area contributed by atoms with Crippen LogP contribution in [0.25, 0.3) is 11.1 Å². The molecule has 0 bridgehead atoms. The molecule has 2 amide bonds. The number of nitrogens with zero attached hydrogens (tertiary/aromatic N) is 3. The summed E-state index contributed by atoms with van der Waals surface area (Å²) in [5, 5.41) is 24.6. The van der Waals surface area contributed by atoms with E-state index in [-0.39, 0.29) is 41.2 Å². The summed E-state index contributed by atoms with van der Waals surface area (Å²) < 4.78 is 69.6. The van der Waals surface area contributed by atoms with Crippen LogP contribution in [0, 0.1) is 10.1 Å². The van der Waals surface area contributed by atoms with Gasteiger partial charge in [-0.05, 0) is 90.0 Å². The maximum atomic E-state index is 13.8. The molecule has 3 N–H and O–H groups in total. The third-order valence-electron chi connectivity index (χ3n) is 8.88. The Morgan fingerprint density at radius 3 is 2.20 bits per heavy atom.